The number of nitrogens with zero attached hydrogens (tertiary/aromatic N) is 2. The largest absolute Gasteiger partial charge is 0.354 e. The normalized spacial score (nSPS) is 28.3. The fourth-order valence-corrected chi connectivity index (χ4v) is 15.8. The van der Waals surface area contributed by atoms with E-state index in [2.05, 4.69) is 180 Å². The first kappa shape index (κ1) is 40.1. The molecular weight excluding hydrogens is 873 g/mol. The molecule has 13 aliphatic carbocycles. The van der Waals surface area contributed by atoms with Gasteiger partial charge in [0.15, 0.2) is 0 Å². The quantitative estimate of drug-likeness (QED) is 0.166. The number of benzene rings is 4. The molecule has 8 atom stereocenters. The van der Waals surface area contributed by atoms with Gasteiger partial charge in [0.1, 0.15) is 0 Å². The molecule has 4 heterocycles. The van der Waals surface area contributed by atoms with Gasteiger partial charge in [0.25, 0.3) is 0 Å². The van der Waals surface area contributed by atoms with Crippen molar-refractivity contribution in [2.45, 2.75) is 75.0 Å². The Bertz CT molecular complexity index is 3620. The maximum atomic E-state index is 6.30. The SMILES string of the molecule is C1=C[C@H]2CC[C@@H]1C1=C2C2=NC1=C(c1ccccc1)c1[nH]c(c3c1[C@H]1C=C[C@@H]3CC1)C(c1ccccc1)=C1N=C(C3=C1[C@H]1C=C[C@@H]3CC1)C(c1ccccc1)=c1[nH]c(c3c1[C@H]1C=C[C@@H]3CC1)=C2c1ccccc1. The van der Waals surface area contributed by atoms with Gasteiger partial charge in [-0.3, -0.25) is 0 Å². The lowest BCUT2D eigenvalue weighted by atomic mass is 9.67. The number of rotatable bonds is 4. The van der Waals surface area contributed by atoms with Crippen LogP contribution in [0.4, 0.5) is 0 Å². The molecule has 2 aromatic heterocycles. The Morgan fingerprint density at radius 1 is 0.292 bits per heavy atom. The molecule has 0 unspecified atom stereocenters. The monoisotopic (exact) mass is 926 g/mol. The van der Waals surface area contributed by atoms with Gasteiger partial charge >= 0.3 is 0 Å². The number of aliphatic imine (C=N–C) groups is 2. The summed E-state index contributed by atoms with van der Waals surface area (Å²) in [5, 5.41) is 2.48. The first-order chi connectivity index (χ1) is 35.7. The molecule has 0 saturated heterocycles. The van der Waals surface area contributed by atoms with Crippen molar-refractivity contribution >= 4 is 33.7 Å². The number of aromatic nitrogens is 2. The predicted octanol–water partition coefficient (Wildman–Crippen LogP) is 13.7. The maximum Gasteiger partial charge on any atom is 0.0778 e. The summed E-state index contributed by atoms with van der Waals surface area (Å²) >= 11 is 0. The highest BCUT2D eigenvalue weighted by Gasteiger charge is 2.47. The first-order valence-corrected chi connectivity index (χ1v) is 27.1. The summed E-state index contributed by atoms with van der Waals surface area (Å²) in [6.07, 6.45) is 29.4. The summed E-state index contributed by atoms with van der Waals surface area (Å²) in [5.41, 5.74) is 28.5. The summed E-state index contributed by atoms with van der Waals surface area (Å²) in [4.78, 5) is 21.5. The topological polar surface area (TPSA) is 56.3 Å². The Labute approximate surface area is 420 Å². The molecule has 15 aliphatic rings. The number of nitrogens with one attached hydrogen (secondary N) is 2. The Kier molecular flexibility index (Phi) is 8.35. The van der Waals surface area contributed by atoms with Crippen LogP contribution in [-0.2, 0) is 0 Å². The van der Waals surface area contributed by atoms with Crippen molar-refractivity contribution in [3.8, 4) is 0 Å². The lowest BCUT2D eigenvalue weighted by Gasteiger charge is -2.35. The van der Waals surface area contributed by atoms with Crippen LogP contribution in [0.25, 0.3) is 22.3 Å². The predicted molar refractivity (Wildman–Crippen MR) is 291 cm³/mol. The molecule has 2 aliphatic heterocycles. The molecule has 2 N–H and O–H groups in total. The molecule has 6 aromatic rings. The molecule has 0 radical (unpaired) electrons. The third-order valence-electron chi connectivity index (χ3n) is 18.8. The van der Waals surface area contributed by atoms with Crippen molar-refractivity contribution in [3.05, 3.63) is 270 Å². The zero-order valence-corrected chi connectivity index (χ0v) is 40.3. The lowest BCUT2D eigenvalue weighted by Crippen LogP contribution is -2.29. The van der Waals surface area contributed by atoms with E-state index in [1.54, 1.807) is 0 Å². The Morgan fingerprint density at radius 2 is 0.583 bits per heavy atom. The average molecular weight is 927 g/mol. The van der Waals surface area contributed by atoms with E-state index in [-0.39, 0.29) is 0 Å². The smallest absolute Gasteiger partial charge is 0.0778 e. The van der Waals surface area contributed by atoms with Crippen molar-refractivity contribution < 1.29 is 0 Å². The van der Waals surface area contributed by atoms with Crippen LogP contribution in [0, 0.1) is 23.7 Å². The van der Waals surface area contributed by atoms with Crippen molar-refractivity contribution in [1.29, 1.82) is 0 Å². The van der Waals surface area contributed by atoms with Gasteiger partial charge in [-0.2, -0.15) is 0 Å². The Hall–Kier alpha value is -7.56. The summed E-state index contributed by atoms with van der Waals surface area (Å²) in [7, 11) is 0. The molecule has 16 bridgehead atoms. The van der Waals surface area contributed by atoms with E-state index in [0.29, 0.717) is 47.3 Å². The molecule has 21 rings (SSSR count). The van der Waals surface area contributed by atoms with E-state index in [1.807, 2.05) is 0 Å². The number of allylic oxidation sites excluding steroid dienone is 12. The van der Waals surface area contributed by atoms with Crippen LogP contribution in [0.15, 0.2) is 214 Å². The maximum absolute atomic E-state index is 6.30. The van der Waals surface area contributed by atoms with Crippen LogP contribution in [0.1, 0.15) is 131 Å². The van der Waals surface area contributed by atoms with Crippen LogP contribution in [0.2, 0.25) is 0 Å². The van der Waals surface area contributed by atoms with Gasteiger partial charge in [0, 0.05) is 69.6 Å². The molecule has 0 spiro atoms. The van der Waals surface area contributed by atoms with E-state index >= 15 is 0 Å². The van der Waals surface area contributed by atoms with E-state index in [4.69, 9.17) is 9.98 Å². The molecule has 0 fully saturated rings. The zero-order chi connectivity index (χ0) is 46.8. The van der Waals surface area contributed by atoms with Gasteiger partial charge in [-0.15, -0.1) is 0 Å². The van der Waals surface area contributed by atoms with Gasteiger partial charge in [-0.05, 0) is 118 Å². The molecule has 4 aromatic carbocycles. The van der Waals surface area contributed by atoms with Crippen LogP contribution in [-0.4, -0.2) is 21.4 Å². The highest BCUT2D eigenvalue weighted by atomic mass is 14.9. The lowest BCUT2D eigenvalue weighted by molar-refractivity contribution is 0.502. The van der Waals surface area contributed by atoms with E-state index in [9.17, 15) is 0 Å². The standard InChI is InChI=1S/C68H54N4/c1-5-13-37(14-6-1)57-61-49-41-21-25-43(26-22-41)51(49)63(69-61)58(38-15-7-2-8-16-38)65-53-45-29-33-47(34-30-45)55(53)67(71-65)60(40-19-11-4-12-20-40)68-56-48-35-31-46(32-36-48)54(56)66(72-68)59(39-17-9-3-10-18-39)64-52-44-27-23-42(24-28-44)50(52)62(57)70-64/h1-21,23,25,27,29,31,33,35,41-48,69,72H,22,24,26,28,30,32,34,36H2/t41-,42+,43+,44-,45-,46+,47+,48-. The second-order valence-corrected chi connectivity index (χ2v) is 22.3. The first-order valence-electron chi connectivity index (χ1n) is 27.1. The van der Waals surface area contributed by atoms with Crippen molar-refractivity contribution in [3.63, 3.8) is 0 Å². The second kappa shape index (κ2) is 15.0. The summed E-state index contributed by atoms with van der Waals surface area (Å²) < 4.78 is 0. The third-order valence-corrected chi connectivity index (χ3v) is 18.8. The number of H-pyrrole nitrogens is 2. The van der Waals surface area contributed by atoms with Crippen LogP contribution >= 0.6 is 0 Å². The summed E-state index contributed by atoms with van der Waals surface area (Å²) in [5.74, 6) is 2.37. The number of hydrogen-bond donors (Lipinski definition) is 2. The van der Waals surface area contributed by atoms with Gasteiger partial charge in [-0.25, -0.2) is 9.98 Å². The van der Waals surface area contributed by atoms with Crippen molar-refractivity contribution in [2.75, 3.05) is 0 Å². The highest BCUT2D eigenvalue weighted by molar-refractivity contribution is 6.35. The van der Waals surface area contributed by atoms with Crippen LogP contribution < -0.4 is 10.7 Å². The highest BCUT2D eigenvalue weighted by Crippen LogP contribution is 2.58. The molecule has 72 heavy (non-hydrogen) atoms. The number of fused-ring (bicyclic) bond motifs is 4. The Morgan fingerprint density at radius 3 is 0.917 bits per heavy atom. The summed E-state index contributed by atoms with van der Waals surface area (Å²) in [6.45, 7) is 0. The molecular formula is C68H54N4. The third kappa shape index (κ3) is 5.43. The fraction of sp³-hybridized carbons (Fsp3) is 0.235. The molecule has 4 nitrogen and oxygen atoms in total. The van der Waals surface area contributed by atoms with Crippen molar-refractivity contribution in [1.82, 2.24) is 9.97 Å². The Balaban J connectivity index is 1.14. The zero-order valence-electron chi connectivity index (χ0n) is 40.3. The molecule has 346 valence electrons. The van der Waals surface area contributed by atoms with Crippen LogP contribution in [0.5, 0.6) is 0 Å². The van der Waals surface area contributed by atoms with Gasteiger partial charge in [0.05, 0.1) is 44.9 Å². The number of hydrogen-bond acceptors (Lipinski definition) is 2. The van der Waals surface area contributed by atoms with Gasteiger partial charge in [0.2, 0.25) is 0 Å². The number of aromatic amines is 2. The van der Waals surface area contributed by atoms with E-state index in [1.165, 1.54) is 111 Å². The van der Waals surface area contributed by atoms with Gasteiger partial charge in [-0.1, -0.05) is 170 Å². The van der Waals surface area contributed by atoms with E-state index < -0.39 is 0 Å². The fourth-order valence-electron chi connectivity index (χ4n) is 15.8. The van der Waals surface area contributed by atoms with E-state index in [0.717, 1.165) is 74.2 Å². The minimum atomic E-state index is 0.291. The second-order valence-electron chi connectivity index (χ2n) is 22.3. The molecule has 0 saturated carbocycles. The molecule has 4 heteroatoms. The van der Waals surface area contributed by atoms with Gasteiger partial charge < -0.3 is 9.97 Å². The average Bonchev–Trinajstić information content (AvgIpc) is 4.27. The summed E-state index contributed by atoms with van der Waals surface area (Å²) in [6, 6.07) is 45.3. The molecule has 0 amide bonds. The minimum absolute atomic E-state index is 0.291. The van der Waals surface area contributed by atoms with Crippen LogP contribution in [0.3, 0.4) is 0 Å². The van der Waals surface area contributed by atoms with Crippen molar-refractivity contribution in [2.24, 2.45) is 33.7 Å². The minimum Gasteiger partial charge on any atom is -0.354 e.